The van der Waals surface area contributed by atoms with Crippen molar-refractivity contribution in [2.75, 3.05) is 24.2 Å². The maximum absolute atomic E-state index is 5.60. The Labute approximate surface area is 83.6 Å². The molecule has 0 aromatic carbocycles. The van der Waals surface area contributed by atoms with Gasteiger partial charge in [-0.25, -0.2) is 4.98 Å². The van der Waals surface area contributed by atoms with Crippen LogP contribution in [0.15, 0.2) is 6.20 Å². The van der Waals surface area contributed by atoms with E-state index in [1.54, 1.807) is 17.5 Å². The molecule has 1 rings (SSSR count). The largest absolute Gasteiger partial charge is 0.389 e. The SMILES string of the molecule is CC(C)CCN(C)c1ncc(N)s1. The Kier molecular flexibility index (Phi) is 3.54. The summed E-state index contributed by atoms with van der Waals surface area (Å²) in [6, 6.07) is 0. The van der Waals surface area contributed by atoms with E-state index < -0.39 is 0 Å². The first-order valence-electron chi connectivity index (χ1n) is 4.52. The minimum absolute atomic E-state index is 0.736. The monoisotopic (exact) mass is 199 g/mol. The molecule has 0 bridgehead atoms. The Bertz CT molecular complexity index is 257. The van der Waals surface area contributed by atoms with Crippen LogP contribution in [0.1, 0.15) is 20.3 Å². The third-order valence-corrected chi connectivity index (χ3v) is 2.82. The lowest BCUT2D eigenvalue weighted by Crippen LogP contribution is -2.19. The summed E-state index contributed by atoms with van der Waals surface area (Å²) in [4.78, 5) is 6.37. The number of anilines is 2. The Balaban J connectivity index is 2.44. The van der Waals surface area contributed by atoms with Crippen molar-refractivity contribution in [1.29, 1.82) is 0 Å². The van der Waals surface area contributed by atoms with Crippen molar-refractivity contribution < 1.29 is 0 Å². The van der Waals surface area contributed by atoms with Gasteiger partial charge in [0.05, 0.1) is 6.20 Å². The van der Waals surface area contributed by atoms with Crippen LogP contribution in [0.2, 0.25) is 0 Å². The highest BCUT2D eigenvalue weighted by atomic mass is 32.1. The zero-order chi connectivity index (χ0) is 9.84. The van der Waals surface area contributed by atoms with E-state index in [4.69, 9.17) is 5.73 Å². The van der Waals surface area contributed by atoms with Crippen molar-refractivity contribution in [3.05, 3.63) is 6.20 Å². The van der Waals surface area contributed by atoms with Gasteiger partial charge in [0.1, 0.15) is 5.00 Å². The zero-order valence-corrected chi connectivity index (χ0v) is 9.27. The van der Waals surface area contributed by atoms with E-state index in [1.807, 2.05) is 0 Å². The third kappa shape index (κ3) is 3.22. The van der Waals surface area contributed by atoms with Crippen LogP contribution in [0, 0.1) is 5.92 Å². The minimum atomic E-state index is 0.736. The molecular weight excluding hydrogens is 182 g/mol. The first-order valence-corrected chi connectivity index (χ1v) is 5.33. The molecule has 0 spiro atoms. The van der Waals surface area contributed by atoms with Crippen LogP contribution in [0.4, 0.5) is 10.1 Å². The van der Waals surface area contributed by atoms with Gasteiger partial charge in [-0.2, -0.15) is 0 Å². The van der Waals surface area contributed by atoms with Gasteiger partial charge < -0.3 is 10.6 Å². The number of nitrogen functional groups attached to an aromatic ring is 1. The number of rotatable bonds is 4. The molecule has 0 fully saturated rings. The van der Waals surface area contributed by atoms with Gasteiger partial charge in [0.15, 0.2) is 5.13 Å². The van der Waals surface area contributed by atoms with Crippen LogP contribution in [0.3, 0.4) is 0 Å². The molecule has 0 amide bonds. The Morgan fingerprint density at radius 3 is 2.77 bits per heavy atom. The molecule has 3 nitrogen and oxygen atoms in total. The number of thiazole rings is 1. The zero-order valence-electron chi connectivity index (χ0n) is 8.45. The van der Waals surface area contributed by atoms with Gasteiger partial charge in [-0.3, -0.25) is 0 Å². The second-order valence-corrected chi connectivity index (χ2v) is 4.69. The predicted molar refractivity (Wildman–Crippen MR) is 59.3 cm³/mol. The Hall–Kier alpha value is -0.770. The third-order valence-electron chi connectivity index (χ3n) is 1.88. The highest BCUT2D eigenvalue weighted by Crippen LogP contribution is 2.23. The van der Waals surface area contributed by atoms with Crippen LogP contribution in [0.25, 0.3) is 0 Å². The van der Waals surface area contributed by atoms with E-state index in [2.05, 4.69) is 30.8 Å². The molecule has 74 valence electrons. The number of nitrogens with two attached hydrogens (primary N) is 1. The summed E-state index contributed by atoms with van der Waals surface area (Å²) in [5.74, 6) is 0.736. The molecule has 1 aromatic rings. The van der Waals surface area contributed by atoms with Crippen molar-refractivity contribution in [3.63, 3.8) is 0 Å². The van der Waals surface area contributed by atoms with Gasteiger partial charge >= 0.3 is 0 Å². The molecule has 0 atom stereocenters. The molecule has 0 unspecified atom stereocenters. The highest BCUT2D eigenvalue weighted by Gasteiger charge is 2.05. The lowest BCUT2D eigenvalue weighted by atomic mass is 10.1. The summed E-state index contributed by atoms with van der Waals surface area (Å²) in [7, 11) is 2.06. The lowest BCUT2D eigenvalue weighted by Gasteiger charge is -2.16. The lowest BCUT2D eigenvalue weighted by molar-refractivity contribution is 0.585. The molecule has 0 radical (unpaired) electrons. The summed E-state index contributed by atoms with van der Waals surface area (Å²) in [6.07, 6.45) is 2.90. The maximum atomic E-state index is 5.60. The number of hydrogen-bond acceptors (Lipinski definition) is 4. The summed E-state index contributed by atoms with van der Waals surface area (Å²) in [5.41, 5.74) is 5.60. The number of nitrogens with zero attached hydrogens (tertiary/aromatic N) is 2. The van der Waals surface area contributed by atoms with Crippen LogP contribution < -0.4 is 10.6 Å². The van der Waals surface area contributed by atoms with Crippen LogP contribution in [-0.2, 0) is 0 Å². The predicted octanol–water partition coefficient (Wildman–Crippen LogP) is 2.21. The molecular formula is C9H17N3S. The summed E-state index contributed by atoms with van der Waals surface area (Å²) in [6.45, 7) is 5.50. The van der Waals surface area contributed by atoms with E-state index in [1.165, 1.54) is 6.42 Å². The van der Waals surface area contributed by atoms with E-state index in [0.717, 1.165) is 22.6 Å². The standard InChI is InChI=1S/C9H17N3S/c1-7(2)4-5-12(3)9-11-6-8(10)13-9/h6-7H,4-5,10H2,1-3H3. The van der Waals surface area contributed by atoms with Crippen molar-refractivity contribution >= 4 is 21.5 Å². The molecule has 2 N–H and O–H groups in total. The molecule has 0 aliphatic carbocycles. The van der Waals surface area contributed by atoms with Gasteiger partial charge in [-0.1, -0.05) is 25.2 Å². The molecule has 13 heavy (non-hydrogen) atoms. The van der Waals surface area contributed by atoms with Crippen LogP contribution in [0.5, 0.6) is 0 Å². The molecule has 1 heterocycles. The smallest absolute Gasteiger partial charge is 0.186 e. The average molecular weight is 199 g/mol. The van der Waals surface area contributed by atoms with E-state index in [0.29, 0.717) is 0 Å². The number of aromatic nitrogens is 1. The second kappa shape index (κ2) is 4.46. The first kappa shape index (κ1) is 10.3. The molecule has 0 aliphatic rings. The van der Waals surface area contributed by atoms with Crippen molar-refractivity contribution in [3.8, 4) is 0 Å². The number of hydrogen-bond donors (Lipinski definition) is 1. The van der Waals surface area contributed by atoms with E-state index in [9.17, 15) is 0 Å². The molecule has 4 heteroatoms. The van der Waals surface area contributed by atoms with Crippen molar-refractivity contribution in [2.45, 2.75) is 20.3 Å². The minimum Gasteiger partial charge on any atom is -0.389 e. The van der Waals surface area contributed by atoms with Crippen LogP contribution in [-0.4, -0.2) is 18.6 Å². The van der Waals surface area contributed by atoms with E-state index in [-0.39, 0.29) is 0 Å². The fraction of sp³-hybridized carbons (Fsp3) is 0.667. The Morgan fingerprint density at radius 2 is 2.31 bits per heavy atom. The molecule has 0 aliphatic heterocycles. The highest BCUT2D eigenvalue weighted by molar-refractivity contribution is 7.19. The van der Waals surface area contributed by atoms with Gasteiger partial charge in [0, 0.05) is 13.6 Å². The van der Waals surface area contributed by atoms with Gasteiger partial charge in [-0.15, -0.1) is 0 Å². The average Bonchev–Trinajstić information content (AvgIpc) is 2.47. The maximum Gasteiger partial charge on any atom is 0.186 e. The van der Waals surface area contributed by atoms with E-state index >= 15 is 0 Å². The van der Waals surface area contributed by atoms with Gasteiger partial charge in [0.2, 0.25) is 0 Å². The second-order valence-electron chi connectivity index (χ2n) is 3.65. The van der Waals surface area contributed by atoms with Crippen molar-refractivity contribution in [2.24, 2.45) is 5.92 Å². The van der Waals surface area contributed by atoms with Crippen LogP contribution >= 0.6 is 11.3 Å². The van der Waals surface area contributed by atoms with Gasteiger partial charge in [-0.05, 0) is 12.3 Å². The normalized spacial score (nSPS) is 10.8. The fourth-order valence-electron chi connectivity index (χ4n) is 1.00. The quantitative estimate of drug-likeness (QED) is 0.808. The fourth-order valence-corrected chi connectivity index (χ4v) is 1.67. The van der Waals surface area contributed by atoms with Gasteiger partial charge in [0.25, 0.3) is 0 Å². The topological polar surface area (TPSA) is 42.2 Å². The molecule has 1 aromatic heterocycles. The molecule has 0 saturated carbocycles. The summed E-state index contributed by atoms with van der Waals surface area (Å²) >= 11 is 1.54. The molecule has 0 saturated heterocycles. The summed E-state index contributed by atoms with van der Waals surface area (Å²) < 4.78 is 0. The van der Waals surface area contributed by atoms with Crippen molar-refractivity contribution in [1.82, 2.24) is 4.98 Å². The first-order chi connectivity index (χ1) is 6.09. The summed E-state index contributed by atoms with van der Waals surface area (Å²) in [5, 5.41) is 1.80. The Morgan fingerprint density at radius 1 is 1.62 bits per heavy atom.